The molecule has 0 radical (unpaired) electrons. The molecule has 2 atom stereocenters. The molecular weight excluding hydrogens is 314 g/mol. The van der Waals surface area contributed by atoms with Crippen LogP contribution in [0.15, 0.2) is 0 Å². The highest BCUT2D eigenvalue weighted by Crippen LogP contribution is 2.52. The van der Waals surface area contributed by atoms with E-state index in [1.807, 2.05) is 0 Å². The zero-order chi connectivity index (χ0) is 16.0. The Morgan fingerprint density at radius 1 is 0.950 bits per heavy atom. The summed E-state index contributed by atoms with van der Waals surface area (Å²) >= 11 is 0. The van der Waals surface area contributed by atoms with Gasteiger partial charge in [0.1, 0.15) is 0 Å². The molecule has 1 aliphatic rings. The second-order valence-electron chi connectivity index (χ2n) is 4.35. The van der Waals surface area contributed by atoms with Crippen LogP contribution in [0.5, 0.6) is 0 Å². The van der Waals surface area contributed by atoms with Gasteiger partial charge in [0.25, 0.3) is 0 Å². The standard InChI is InChI=1S/C9H8F10O/c10-5(2-7(13,14)15)8(16,17)9(18,19)6(11,12)1-4-3-20-4/h4-5H,1-3H2. The second-order valence-corrected chi connectivity index (χ2v) is 4.35. The van der Waals surface area contributed by atoms with Crippen molar-refractivity contribution in [2.45, 2.75) is 49.1 Å². The molecule has 2 unspecified atom stereocenters. The monoisotopic (exact) mass is 322 g/mol. The van der Waals surface area contributed by atoms with Crippen molar-refractivity contribution in [3.63, 3.8) is 0 Å². The Morgan fingerprint density at radius 3 is 1.75 bits per heavy atom. The molecule has 0 bridgehead atoms. The number of alkyl halides is 10. The van der Waals surface area contributed by atoms with Gasteiger partial charge in [-0.15, -0.1) is 0 Å². The van der Waals surface area contributed by atoms with E-state index in [1.54, 1.807) is 0 Å². The molecule has 0 saturated carbocycles. The quantitative estimate of drug-likeness (QED) is 0.532. The van der Waals surface area contributed by atoms with E-state index in [1.165, 1.54) is 0 Å². The molecule has 1 fully saturated rings. The lowest BCUT2D eigenvalue weighted by Gasteiger charge is -2.34. The first kappa shape index (κ1) is 17.3. The summed E-state index contributed by atoms with van der Waals surface area (Å²) in [4.78, 5) is 0. The van der Waals surface area contributed by atoms with Crippen molar-refractivity contribution >= 4 is 0 Å². The van der Waals surface area contributed by atoms with E-state index in [2.05, 4.69) is 4.74 Å². The average Bonchev–Trinajstić information content (AvgIpc) is 2.97. The van der Waals surface area contributed by atoms with E-state index in [-0.39, 0.29) is 6.61 Å². The van der Waals surface area contributed by atoms with E-state index in [0.717, 1.165) is 0 Å². The van der Waals surface area contributed by atoms with Crippen LogP contribution in [0.4, 0.5) is 43.9 Å². The number of hydrogen-bond donors (Lipinski definition) is 0. The molecule has 0 N–H and O–H groups in total. The smallest absolute Gasteiger partial charge is 0.373 e. The van der Waals surface area contributed by atoms with Crippen LogP contribution in [0.3, 0.4) is 0 Å². The third kappa shape index (κ3) is 3.47. The fourth-order valence-electron chi connectivity index (χ4n) is 1.37. The molecule has 1 nitrogen and oxygen atoms in total. The highest BCUT2D eigenvalue weighted by molar-refractivity contribution is 5.02. The van der Waals surface area contributed by atoms with E-state index < -0.39 is 49.1 Å². The van der Waals surface area contributed by atoms with Gasteiger partial charge in [0.15, 0.2) is 6.17 Å². The Bertz CT molecular complexity index is 345. The van der Waals surface area contributed by atoms with Crippen LogP contribution >= 0.6 is 0 Å². The highest BCUT2D eigenvalue weighted by Gasteiger charge is 2.75. The Hall–Kier alpha value is -0.740. The van der Waals surface area contributed by atoms with Gasteiger partial charge in [0.2, 0.25) is 0 Å². The van der Waals surface area contributed by atoms with Crippen molar-refractivity contribution in [3.05, 3.63) is 0 Å². The molecule has 0 aromatic carbocycles. The van der Waals surface area contributed by atoms with Gasteiger partial charge in [-0.2, -0.15) is 39.5 Å². The third-order valence-corrected chi connectivity index (χ3v) is 2.57. The van der Waals surface area contributed by atoms with E-state index in [4.69, 9.17) is 0 Å². The SMILES string of the molecule is FC(CC(F)(F)F)C(F)(F)C(F)(F)C(F)(F)CC1CO1. The van der Waals surface area contributed by atoms with Crippen molar-refractivity contribution in [2.24, 2.45) is 0 Å². The lowest BCUT2D eigenvalue weighted by Crippen LogP contribution is -2.59. The molecule has 1 rings (SSSR count). The average molecular weight is 322 g/mol. The van der Waals surface area contributed by atoms with Crippen LogP contribution in [0, 0.1) is 0 Å². The molecule has 20 heavy (non-hydrogen) atoms. The fraction of sp³-hybridized carbons (Fsp3) is 1.00. The van der Waals surface area contributed by atoms with Gasteiger partial charge >= 0.3 is 23.9 Å². The van der Waals surface area contributed by atoms with Gasteiger partial charge in [-0.1, -0.05) is 0 Å². The van der Waals surface area contributed by atoms with Gasteiger partial charge in [0, 0.05) is 6.42 Å². The zero-order valence-corrected chi connectivity index (χ0v) is 9.46. The first-order valence-electron chi connectivity index (χ1n) is 5.16. The topological polar surface area (TPSA) is 12.5 Å². The highest BCUT2D eigenvalue weighted by atomic mass is 19.4. The van der Waals surface area contributed by atoms with Crippen LogP contribution in [0.25, 0.3) is 0 Å². The molecular formula is C9H8F10O. The van der Waals surface area contributed by atoms with Gasteiger partial charge in [0.05, 0.1) is 19.1 Å². The summed E-state index contributed by atoms with van der Waals surface area (Å²) in [6.45, 7) is -0.362. The molecule has 1 saturated heterocycles. The van der Waals surface area contributed by atoms with Crippen molar-refractivity contribution in [2.75, 3.05) is 6.61 Å². The summed E-state index contributed by atoms with van der Waals surface area (Å²) in [5.74, 6) is -17.8. The Kier molecular flexibility index (Phi) is 4.26. The first-order chi connectivity index (χ1) is 8.71. The summed E-state index contributed by atoms with van der Waals surface area (Å²) in [5.41, 5.74) is 0. The van der Waals surface area contributed by atoms with Gasteiger partial charge in [-0.05, 0) is 0 Å². The number of rotatable bonds is 6. The van der Waals surface area contributed by atoms with E-state index >= 15 is 0 Å². The molecule has 0 aliphatic carbocycles. The number of epoxide rings is 1. The zero-order valence-electron chi connectivity index (χ0n) is 9.46. The molecule has 0 aromatic rings. The fourth-order valence-corrected chi connectivity index (χ4v) is 1.37. The van der Waals surface area contributed by atoms with Crippen molar-refractivity contribution in [1.82, 2.24) is 0 Å². The molecule has 1 heterocycles. The van der Waals surface area contributed by atoms with Crippen LogP contribution < -0.4 is 0 Å². The maximum atomic E-state index is 13.0. The predicted molar refractivity (Wildman–Crippen MR) is 44.8 cm³/mol. The Morgan fingerprint density at radius 2 is 1.40 bits per heavy atom. The summed E-state index contributed by atoms with van der Waals surface area (Å²) in [5, 5.41) is 0. The minimum absolute atomic E-state index is 0.362. The van der Waals surface area contributed by atoms with Crippen LogP contribution in [-0.4, -0.2) is 42.8 Å². The third-order valence-electron chi connectivity index (χ3n) is 2.57. The minimum atomic E-state index is -6.27. The van der Waals surface area contributed by atoms with Gasteiger partial charge in [-0.25, -0.2) is 4.39 Å². The lowest BCUT2D eigenvalue weighted by molar-refractivity contribution is -0.333. The Labute approximate surface area is 105 Å². The molecule has 1 aliphatic heterocycles. The maximum absolute atomic E-state index is 13.0. The molecule has 0 aromatic heterocycles. The summed E-state index contributed by atoms with van der Waals surface area (Å²) in [6, 6.07) is 0. The number of ether oxygens (including phenoxy) is 1. The van der Waals surface area contributed by atoms with E-state index in [0.29, 0.717) is 0 Å². The van der Waals surface area contributed by atoms with Crippen LogP contribution in [0.1, 0.15) is 12.8 Å². The first-order valence-corrected chi connectivity index (χ1v) is 5.16. The molecule has 0 amide bonds. The van der Waals surface area contributed by atoms with Crippen molar-refractivity contribution < 1.29 is 48.6 Å². The largest absolute Gasteiger partial charge is 0.392 e. The van der Waals surface area contributed by atoms with Gasteiger partial charge < -0.3 is 4.74 Å². The number of hydrogen-bond acceptors (Lipinski definition) is 1. The maximum Gasteiger partial charge on any atom is 0.392 e. The van der Waals surface area contributed by atoms with Gasteiger partial charge in [-0.3, -0.25) is 0 Å². The minimum Gasteiger partial charge on any atom is -0.373 e. The normalized spacial score (nSPS) is 22.8. The predicted octanol–water partition coefficient (Wildman–Crippen LogP) is 3.97. The van der Waals surface area contributed by atoms with Crippen molar-refractivity contribution in [3.8, 4) is 0 Å². The molecule has 11 heteroatoms. The van der Waals surface area contributed by atoms with Crippen molar-refractivity contribution in [1.29, 1.82) is 0 Å². The van der Waals surface area contributed by atoms with E-state index in [9.17, 15) is 43.9 Å². The number of halogens is 10. The Balaban J connectivity index is 2.91. The van der Waals surface area contributed by atoms with Crippen LogP contribution in [0.2, 0.25) is 0 Å². The summed E-state index contributed by atoms with van der Waals surface area (Å²) < 4.78 is 130. The molecule has 0 spiro atoms. The summed E-state index contributed by atoms with van der Waals surface area (Å²) in [7, 11) is 0. The lowest BCUT2D eigenvalue weighted by atomic mass is 9.95. The molecule has 120 valence electrons. The van der Waals surface area contributed by atoms with Crippen LogP contribution in [-0.2, 0) is 4.74 Å². The second kappa shape index (κ2) is 4.92. The summed E-state index contributed by atoms with van der Waals surface area (Å²) in [6.07, 6.45) is -16.2.